The van der Waals surface area contributed by atoms with Crippen molar-refractivity contribution in [3.63, 3.8) is 0 Å². The van der Waals surface area contributed by atoms with Gasteiger partial charge in [-0.3, -0.25) is 4.99 Å². The highest BCUT2D eigenvalue weighted by atomic mass is 14.7. The van der Waals surface area contributed by atoms with Gasteiger partial charge in [-0.1, -0.05) is 13.2 Å². The minimum atomic E-state index is 0.620. The van der Waals surface area contributed by atoms with Crippen LogP contribution >= 0.6 is 0 Å². The zero-order valence-electron chi connectivity index (χ0n) is 3.65. The SMILES string of the molecule is C=CC(=C)N=C. The van der Waals surface area contributed by atoms with E-state index in [1.165, 1.54) is 0 Å². The molecule has 0 rings (SSSR count). The van der Waals surface area contributed by atoms with Gasteiger partial charge < -0.3 is 0 Å². The Bertz CT molecular complexity index is 71.9. The molecule has 0 saturated carbocycles. The van der Waals surface area contributed by atoms with E-state index in [1.807, 2.05) is 0 Å². The zero-order valence-corrected chi connectivity index (χ0v) is 3.65. The molecule has 0 fully saturated rings. The quantitative estimate of drug-likeness (QED) is 0.352. The third-order valence-corrected chi connectivity index (χ3v) is 0.439. The second kappa shape index (κ2) is 2.39. The number of hydrogen-bond donors (Lipinski definition) is 0. The van der Waals surface area contributed by atoms with Crippen LogP contribution in [0.25, 0.3) is 0 Å². The fourth-order valence-electron chi connectivity index (χ4n) is 0.0645. The summed E-state index contributed by atoms with van der Waals surface area (Å²) in [7, 11) is 0. The normalized spacial score (nSPS) is 6.67. The number of hydrogen-bond acceptors (Lipinski definition) is 1. The Morgan fingerprint density at radius 1 is 1.67 bits per heavy atom. The van der Waals surface area contributed by atoms with Crippen LogP contribution in [0.5, 0.6) is 0 Å². The zero-order chi connectivity index (χ0) is 4.99. The maximum Gasteiger partial charge on any atom is 0.0544 e. The van der Waals surface area contributed by atoms with Crippen molar-refractivity contribution in [3.8, 4) is 0 Å². The molecule has 0 unspecified atom stereocenters. The van der Waals surface area contributed by atoms with E-state index in [4.69, 9.17) is 0 Å². The molecule has 0 aromatic rings. The van der Waals surface area contributed by atoms with E-state index in [2.05, 4.69) is 24.9 Å². The van der Waals surface area contributed by atoms with Gasteiger partial charge in [0, 0.05) is 0 Å². The van der Waals surface area contributed by atoms with Crippen LogP contribution in [0.3, 0.4) is 0 Å². The van der Waals surface area contributed by atoms with Gasteiger partial charge in [0.2, 0.25) is 0 Å². The van der Waals surface area contributed by atoms with Crippen molar-refractivity contribution in [1.82, 2.24) is 0 Å². The average molecular weight is 81.1 g/mol. The fraction of sp³-hybridized carbons (Fsp3) is 0. The molecule has 0 aliphatic heterocycles. The third-order valence-electron chi connectivity index (χ3n) is 0.439. The number of nitrogens with zero attached hydrogens (tertiary/aromatic N) is 1. The molecule has 0 bridgehead atoms. The molecule has 1 nitrogen and oxygen atoms in total. The molecule has 0 saturated heterocycles. The maximum atomic E-state index is 3.44. The van der Waals surface area contributed by atoms with Crippen LogP contribution in [0.4, 0.5) is 0 Å². The van der Waals surface area contributed by atoms with E-state index >= 15 is 0 Å². The highest BCUT2D eigenvalue weighted by Gasteiger charge is 1.66. The second-order valence-electron chi connectivity index (χ2n) is 0.854. The van der Waals surface area contributed by atoms with Gasteiger partial charge in [-0.05, 0) is 12.8 Å². The van der Waals surface area contributed by atoms with Crippen molar-refractivity contribution >= 4 is 6.72 Å². The lowest BCUT2D eigenvalue weighted by atomic mass is 10.5. The van der Waals surface area contributed by atoms with E-state index < -0.39 is 0 Å². The Hall–Kier alpha value is -0.850. The molecule has 0 atom stereocenters. The Kier molecular flexibility index (Phi) is 2.05. The first-order chi connectivity index (χ1) is 2.81. The summed E-state index contributed by atoms with van der Waals surface area (Å²) < 4.78 is 0. The summed E-state index contributed by atoms with van der Waals surface area (Å²) in [5.74, 6) is 0. The molecule has 0 spiro atoms. The number of allylic oxidation sites excluding steroid dienone is 1. The van der Waals surface area contributed by atoms with Gasteiger partial charge in [0.05, 0.1) is 5.70 Å². The van der Waals surface area contributed by atoms with Crippen molar-refractivity contribution < 1.29 is 0 Å². The molecule has 0 heterocycles. The lowest BCUT2D eigenvalue weighted by Gasteiger charge is -1.77. The van der Waals surface area contributed by atoms with Crippen LogP contribution in [0.2, 0.25) is 0 Å². The van der Waals surface area contributed by atoms with Gasteiger partial charge in [0.1, 0.15) is 0 Å². The molecule has 0 aromatic heterocycles. The minimum absolute atomic E-state index is 0.620. The Morgan fingerprint density at radius 2 is 2.17 bits per heavy atom. The highest BCUT2D eigenvalue weighted by Crippen LogP contribution is 1.86. The van der Waals surface area contributed by atoms with Gasteiger partial charge >= 0.3 is 0 Å². The van der Waals surface area contributed by atoms with Crippen LogP contribution in [0.15, 0.2) is 29.9 Å². The largest absolute Gasteiger partial charge is 0.265 e. The molecule has 0 aliphatic carbocycles. The van der Waals surface area contributed by atoms with E-state index in [9.17, 15) is 0 Å². The number of aliphatic imine (C=N–C) groups is 1. The molecule has 0 radical (unpaired) electrons. The monoisotopic (exact) mass is 81.1 g/mol. The summed E-state index contributed by atoms with van der Waals surface area (Å²) in [5, 5.41) is 0. The van der Waals surface area contributed by atoms with Crippen molar-refractivity contribution in [2.75, 3.05) is 0 Å². The Labute approximate surface area is 37.7 Å². The molecule has 0 aromatic carbocycles. The fourth-order valence-corrected chi connectivity index (χ4v) is 0.0645. The third kappa shape index (κ3) is 1.47. The van der Waals surface area contributed by atoms with Crippen molar-refractivity contribution in [2.45, 2.75) is 0 Å². The Balaban J connectivity index is 3.52. The smallest absolute Gasteiger partial charge is 0.0544 e. The maximum absolute atomic E-state index is 3.44. The van der Waals surface area contributed by atoms with Gasteiger partial charge in [-0.15, -0.1) is 0 Å². The summed E-state index contributed by atoms with van der Waals surface area (Å²) in [6, 6.07) is 0. The predicted octanol–water partition coefficient (Wildman–Crippen LogP) is 1.39. The first-order valence-electron chi connectivity index (χ1n) is 1.59. The van der Waals surface area contributed by atoms with Crippen LogP contribution in [-0.2, 0) is 0 Å². The van der Waals surface area contributed by atoms with E-state index in [0.717, 1.165) is 0 Å². The molecule has 0 amide bonds. The first-order valence-corrected chi connectivity index (χ1v) is 1.59. The highest BCUT2D eigenvalue weighted by molar-refractivity contribution is 5.30. The van der Waals surface area contributed by atoms with Gasteiger partial charge in [0.15, 0.2) is 0 Å². The molecular weight excluding hydrogens is 74.1 g/mol. The molecule has 0 aliphatic rings. The van der Waals surface area contributed by atoms with Crippen molar-refractivity contribution in [1.29, 1.82) is 0 Å². The van der Waals surface area contributed by atoms with Gasteiger partial charge in [0.25, 0.3) is 0 Å². The lowest BCUT2D eigenvalue weighted by Crippen LogP contribution is -1.57. The molecule has 1 heteroatoms. The van der Waals surface area contributed by atoms with Gasteiger partial charge in [-0.25, -0.2) is 0 Å². The predicted molar refractivity (Wildman–Crippen MR) is 28.9 cm³/mol. The summed E-state index contributed by atoms with van der Waals surface area (Å²) in [6.07, 6.45) is 1.55. The standard InChI is InChI=1S/C5H7N/c1-4-5(2)6-3/h4H,1-3H2. The summed E-state index contributed by atoms with van der Waals surface area (Å²) in [5.41, 5.74) is 0.620. The van der Waals surface area contributed by atoms with E-state index in [-0.39, 0.29) is 0 Å². The number of rotatable bonds is 2. The topological polar surface area (TPSA) is 12.4 Å². The first kappa shape index (κ1) is 5.15. The second-order valence-corrected chi connectivity index (χ2v) is 0.854. The Morgan fingerprint density at radius 3 is 2.17 bits per heavy atom. The van der Waals surface area contributed by atoms with Crippen LogP contribution < -0.4 is 0 Å². The minimum Gasteiger partial charge on any atom is -0.265 e. The van der Waals surface area contributed by atoms with Crippen LogP contribution in [-0.4, -0.2) is 6.72 Å². The lowest BCUT2D eigenvalue weighted by molar-refractivity contribution is 1.48. The van der Waals surface area contributed by atoms with E-state index in [0.29, 0.717) is 5.70 Å². The van der Waals surface area contributed by atoms with Crippen LogP contribution in [0.1, 0.15) is 0 Å². The van der Waals surface area contributed by atoms with Crippen molar-refractivity contribution in [2.24, 2.45) is 4.99 Å². The summed E-state index contributed by atoms with van der Waals surface area (Å²) in [6.45, 7) is 10.1. The summed E-state index contributed by atoms with van der Waals surface area (Å²) >= 11 is 0. The molecule has 6 heavy (non-hydrogen) atoms. The average Bonchev–Trinajstić information content (AvgIpc) is 1.65. The van der Waals surface area contributed by atoms with E-state index in [1.54, 1.807) is 6.08 Å². The van der Waals surface area contributed by atoms with Crippen LogP contribution in [0, 0.1) is 0 Å². The van der Waals surface area contributed by atoms with Gasteiger partial charge in [-0.2, -0.15) is 0 Å². The molecule has 32 valence electrons. The summed E-state index contributed by atoms with van der Waals surface area (Å²) in [4.78, 5) is 3.44. The molecular formula is C5H7N. The van der Waals surface area contributed by atoms with Crippen molar-refractivity contribution in [3.05, 3.63) is 24.9 Å². The molecule has 0 N–H and O–H groups in total.